The molecule has 0 saturated heterocycles. The van der Waals surface area contributed by atoms with Gasteiger partial charge in [-0.15, -0.1) is 0 Å². The fourth-order valence-electron chi connectivity index (χ4n) is 2.63. The number of aromatic nitrogens is 2. The van der Waals surface area contributed by atoms with Crippen molar-refractivity contribution >= 4 is 34.5 Å². The van der Waals surface area contributed by atoms with Crippen molar-refractivity contribution < 1.29 is 4.79 Å². The summed E-state index contributed by atoms with van der Waals surface area (Å²) >= 11 is 0. The van der Waals surface area contributed by atoms with Crippen LogP contribution in [0.4, 0.5) is 28.7 Å². The van der Waals surface area contributed by atoms with Crippen molar-refractivity contribution in [2.45, 2.75) is 20.8 Å². The quantitative estimate of drug-likeness (QED) is 0.594. The van der Waals surface area contributed by atoms with Gasteiger partial charge in [-0.1, -0.05) is 29.8 Å². The molecular formula is C20H21N5O. The van der Waals surface area contributed by atoms with Crippen LogP contribution in [0.3, 0.4) is 0 Å². The summed E-state index contributed by atoms with van der Waals surface area (Å²) in [5, 5.41) is 6.40. The molecule has 2 aromatic carbocycles. The molecule has 0 unspecified atom stereocenters. The van der Waals surface area contributed by atoms with Gasteiger partial charge in [-0.05, 0) is 44.5 Å². The molecule has 4 N–H and O–H groups in total. The number of ketones is 1. The number of rotatable bonds is 5. The van der Waals surface area contributed by atoms with Gasteiger partial charge in [0.15, 0.2) is 17.4 Å². The summed E-state index contributed by atoms with van der Waals surface area (Å²) in [7, 11) is 0. The zero-order chi connectivity index (χ0) is 18.7. The molecule has 0 bridgehead atoms. The van der Waals surface area contributed by atoms with Crippen molar-refractivity contribution in [2.75, 3.05) is 16.4 Å². The zero-order valence-corrected chi connectivity index (χ0v) is 15.0. The smallest absolute Gasteiger partial charge is 0.159 e. The lowest BCUT2D eigenvalue weighted by Gasteiger charge is -2.14. The van der Waals surface area contributed by atoms with Crippen LogP contribution in [0.2, 0.25) is 0 Å². The highest BCUT2D eigenvalue weighted by molar-refractivity contribution is 5.95. The number of anilines is 5. The monoisotopic (exact) mass is 347 g/mol. The first kappa shape index (κ1) is 17.4. The Morgan fingerprint density at radius 1 is 1.00 bits per heavy atom. The van der Waals surface area contributed by atoms with Crippen LogP contribution in [0.25, 0.3) is 0 Å². The van der Waals surface area contributed by atoms with Crippen molar-refractivity contribution in [3.63, 3.8) is 0 Å². The van der Waals surface area contributed by atoms with Crippen LogP contribution in [-0.2, 0) is 0 Å². The zero-order valence-electron chi connectivity index (χ0n) is 15.0. The summed E-state index contributed by atoms with van der Waals surface area (Å²) in [4.78, 5) is 20.0. The predicted molar refractivity (Wildman–Crippen MR) is 105 cm³/mol. The van der Waals surface area contributed by atoms with E-state index in [9.17, 15) is 4.79 Å². The summed E-state index contributed by atoms with van der Waals surface area (Å²) in [5.74, 6) is 1.01. The van der Waals surface area contributed by atoms with E-state index in [1.807, 2.05) is 38.1 Å². The van der Waals surface area contributed by atoms with E-state index in [1.54, 1.807) is 12.1 Å². The Hall–Kier alpha value is -3.41. The summed E-state index contributed by atoms with van der Waals surface area (Å²) in [5.41, 5.74) is 11.2. The number of nitrogens with two attached hydrogens (primary N) is 1. The first-order valence-electron chi connectivity index (χ1n) is 8.27. The molecule has 0 saturated carbocycles. The molecule has 0 amide bonds. The normalized spacial score (nSPS) is 10.4. The molecule has 3 aromatic rings. The summed E-state index contributed by atoms with van der Waals surface area (Å²) < 4.78 is 0. The van der Waals surface area contributed by atoms with E-state index in [1.165, 1.54) is 18.8 Å². The number of carbonyl (C=O) groups is 1. The molecule has 1 heterocycles. The van der Waals surface area contributed by atoms with E-state index in [-0.39, 0.29) is 5.78 Å². The van der Waals surface area contributed by atoms with E-state index in [4.69, 9.17) is 5.73 Å². The molecule has 1 aromatic heterocycles. The average molecular weight is 347 g/mol. The van der Waals surface area contributed by atoms with Crippen LogP contribution in [0.15, 0.2) is 48.8 Å². The van der Waals surface area contributed by atoms with E-state index in [0.717, 1.165) is 16.9 Å². The lowest BCUT2D eigenvalue weighted by Crippen LogP contribution is -2.06. The average Bonchev–Trinajstić information content (AvgIpc) is 2.61. The van der Waals surface area contributed by atoms with Crippen LogP contribution >= 0.6 is 0 Å². The molecule has 0 aliphatic heterocycles. The topological polar surface area (TPSA) is 92.9 Å². The summed E-state index contributed by atoms with van der Waals surface area (Å²) in [6.45, 7) is 5.61. The highest BCUT2D eigenvalue weighted by Crippen LogP contribution is 2.29. The Bertz CT molecular complexity index is 968. The molecule has 132 valence electrons. The molecule has 0 aliphatic carbocycles. The third-order valence-electron chi connectivity index (χ3n) is 4.05. The number of hydrogen-bond donors (Lipinski definition) is 3. The molecule has 26 heavy (non-hydrogen) atoms. The van der Waals surface area contributed by atoms with Gasteiger partial charge in [-0.25, -0.2) is 9.97 Å². The highest BCUT2D eigenvalue weighted by atomic mass is 16.1. The number of Topliss-reactive ketones (excluding diaryl/α,β-unsaturated/α-hetero) is 1. The Labute approximate surface area is 152 Å². The SMILES string of the molecule is CC(=O)c1cccc(Nc2ncnc(Nc3ccc(C)cc3C)c2N)c1. The van der Waals surface area contributed by atoms with Gasteiger partial charge in [0.25, 0.3) is 0 Å². The van der Waals surface area contributed by atoms with Crippen molar-refractivity contribution in [2.24, 2.45) is 0 Å². The lowest BCUT2D eigenvalue weighted by molar-refractivity contribution is 0.101. The minimum atomic E-state index is 0.00140. The fraction of sp³-hybridized carbons (Fsp3) is 0.150. The van der Waals surface area contributed by atoms with Gasteiger partial charge in [0.05, 0.1) is 0 Å². The third kappa shape index (κ3) is 3.80. The number of carbonyl (C=O) groups excluding carboxylic acids is 1. The molecule has 6 nitrogen and oxygen atoms in total. The molecule has 0 radical (unpaired) electrons. The maximum Gasteiger partial charge on any atom is 0.159 e. The Morgan fingerprint density at radius 3 is 2.42 bits per heavy atom. The van der Waals surface area contributed by atoms with Gasteiger partial charge in [0.2, 0.25) is 0 Å². The van der Waals surface area contributed by atoms with E-state index in [2.05, 4.69) is 26.7 Å². The van der Waals surface area contributed by atoms with Gasteiger partial charge in [-0.3, -0.25) is 4.79 Å². The molecule has 3 rings (SSSR count). The Morgan fingerprint density at radius 2 is 1.73 bits per heavy atom. The van der Waals surface area contributed by atoms with Crippen LogP contribution in [-0.4, -0.2) is 15.8 Å². The van der Waals surface area contributed by atoms with Crippen molar-refractivity contribution in [1.29, 1.82) is 0 Å². The number of nitrogens with zero attached hydrogens (tertiary/aromatic N) is 2. The minimum absolute atomic E-state index is 0.00140. The summed E-state index contributed by atoms with van der Waals surface area (Å²) in [6, 6.07) is 13.3. The minimum Gasteiger partial charge on any atom is -0.393 e. The van der Waals surface area contributed by atoms with Crippen molar-refractivity contribution in [1.82, 2.24) is 9.97 Å². The molecule has 6 heteroatoms. The maximum atomic E-state index is 11.5. The number of nitrogen functional groups attached to an aromatic ring is 1. The lowest BCUT2D eigenvalue weighted by atomic mass is 10.1. The fourth-order valence-corrected chi connectivity index (χ4v) is 2.63. The Kier molecular flexibility index (Phi) is 4.84. The van der Waals surface area contributed by atoms with Gasteiger partial charge in [0, 0.05) is 16.9 Å². The first-order chi connectivity index (χ1) is 12.4. The van der Waals surface area contributed by atoms with E-state index < -0.39 is 0 Å². The van der Waals surface area contributed by atoms with E-state index >= 15 is 0 Å². The standard InChI is InChI=1S/C20H21N5O/c1-12-7-8-17(13(2)9-12)25-20-18(21)19(22-11-23-20)24-16-6-4-5-15(10-16)14(3)26/h4-11H,21H2,1-3H3,(H2,22,23,24,25). The first-order valence-corrected chi connectivity index (χ1v) is 8.27. The number of benzene rings is 2. The molecule has 0 aliphatic rings. The summed E-state index contributed by atoms with van der Waals surface area (Å²) in [6.07, 6.45) is 1.44. The largest absolute Gasteiger partial charge is 0.393 e. The molecular weight excluding hydrogens is 326 g/mol. The molecule has 0 fully saturated rings. The van der Waals surface area contributed by atoms with Crippen LogP contribution in [0.1, 0.15) is 28.4 Å². The van der Waals surface area contributed by atoms with Gasteiger partial charge < -0.3 is 16.4 Å². The second-order valence-electron chi connectivity index (χ2n) is 6.19. The number of aryl methyl sites for hydroxylation is 2. The van der Waals surface area contributed by atoms with Crippen LogP contribution in [0.5, 0.6) is 0 Å². The third-order valence-corrected chi connectivity index (χ3v) is 4.05. The van der Waals surface area contributed by atoms with Gasteiger partial charge in [-0.2, -0.15) is 0 Å². The van der Waals surface area contributed by atoms with E-state index in [0.29, 0.717) is 22.9 Å². The maximum absolute atomic E-state index is 11.5. The van der Waals surface area contributed by atoms with Gasteiger partial charge >= 0.3 is 0 Å². The molecule has 0 atom stereocenters. The number of hydrogen-bond acceptors (Lipinski definition) is 6. The highest BCUT2D eigenvalue weighted by Gasteiger charge is 2.10. The van der Waals surface area contributed by atoms with Crippen molar-refractivity contribution in [3.8, 4) is 0 Å². The Balaban J connectivity index is 1.87. The van der Waals surface area contributed by atoms with Crippen molar-refractivity contribution in [3.05, 3.63) is 65.5 Å². The van der Waals surface area contributed by atoms with Gasteiger partial charge in [0.1, 0.15) is 12.0 Å². The predicted octanol–water partition coefficient (Wildman–Crippen LogP) is 4.37. The number of nitrogens with one attached hydrogen (secondary N) is 2. The van der Waals surface area contributed by atoms with Crippen LogP contribution < -0.4 is 16.4 Å². The second-order valence-corrected chi connectivity index (χ2v) is 6.19. The van der Waals surface area contributed by atoms with Crippen LogP contribution in [0, 0.1) is 13.8 Å². The second kappa shape index (κ2) is 7.23. The molecule has 0 spiro atoms.